The van der Waals surface area contributed by atoms with Crippen molar-refractivity contribution in [1.82, 2.24) is 15.0 Å². The van der Waals surface area contributed by atoms with E-state index in [9.17, 15) is 0 Å². The molecule has 0 radical (unpaired) electrons. The number of nitrogens with zero attached hydrogens (tertiary/aromatic N) is 3. The smallest absolute Gasteiger partial charge is 0.232 e. The number of hydrogen-bond donors (Lipinski definition) is 2. The predicted octanol–water partition coefficient (Wildman–Crippen LogP) is 4.05. The first-order chi connectivity index (χ1) is 14.1. The Kier molecular flexibility index (Phi) is 6.40. The molecule has 0 aliphatic carbocycles. The first-order valence-electron chi connectivity index (χ1n) is 8.44. The molecule has 9 nitrogen and oxygen atoms in total. The van der Waals surface area contributed by atoms with E-state index < -0.39 is 0 Å². The van der Waals surface area contributed by atoms with Gasteiger partial charge >= 0.3 is 0 Å². The molecule has 1 aromatic heterocycles. The van der Waals surface area contributed by atoms with E-state index in [-0.39, 0.29) is 0 Å². The minimum atomic E-state index is 0.330. The zero-order chi connectivity index (χ0) is 20.8. The SMILES string of the molecule is COc1ccc(Nc2ncnc(Nc3cc(OC)c(OC)c(OC)c3)n2)cc1Cl. The lowest BCUT2D eigenvalue weighted by Gasteiger charge is -2.14. The van der Waals surface area contributed by atoms with Crippen LogP contribution in [0.1, 0.15) is 0 Å². The molecule has 3 rings (SSSR count). The number of halogens is 1. The topological polar surface area (TPSA) is 99.7 Å². The molecule has 0 aliphatic rings. The monoisotopic (exact) mass is 417 g/mol. The van der Waals surface area contributed by atoms with Gasteiger partial charge < -0.3 is 29.6 Å². The summed E-state index contributed by atoms with van der Waals surface area (Å²) in [6, 6.07) is 8.78. The Balaban J connectivity index is 1.82. The van der Waals surface area contributed by atoms with E-state index in [0.717, 1.165) is 0 Å². The molecule has 0 saturated carbocycles. The van der Waals surface area contributed by atoms with Gasteiger partial charge in [-0.05, 0) is 18.2 Å². The molecule has 0 saturated heterocycles. The molecule has 2 N–H and O–H groups in total. The van der Waals surface area contributed by atoms with Gasteiger partial charge in [0.25, 0.3) is 0 Å². The van der Waals surface area contributed by atoms with Crippen LogP contribution in [0.3, 0.4) is 0 Å². The lowest BCUT2D eigenvalue weighted by atomic mass is 10.2. The highest BCUT2D eigenvalue weighted by molar-refractivity contribution is 6.32. The molecule has 29 heavy (non-hydrogen) atoms. The Morgan fingerprint density at radius 2 is 1.31 bits per heavy atom. The van der Waals surface area contributed by atoms with E-state index in [4.69, 9.17) is 30.5 Å². The maximum absolute atomic E-state index is 6.15. The predicted molar refractivity (Wildman–Crippen MR) is 110 cm³/mol. The lowest BCUT2D eigenvalue weighted by Crippen LogP contribution is -2.03. The Morgan fingerprint density at radius 3 is 1.83 bits per heavy atom. The Labute approximate surface area is 173 Å². The van der Waals surface area contributed by atoms with E-state index >= 15 is 0 Å². The number of rotatable bonds is 8. The third-order valence-electron chi connectivity index (χ3n) is 3.90. The minimum absolute atomic E-state index is 0.330. The average molecular weight is 418 g/mol. The van der Waals surface area contributed by atoms with Gasteiger partial charge in [0.15, 0.2) is 11.5 Å². The van der Waals surface area contributed by atoms with Crippen LogP contribution in [0, 0.1) is 0 Å². The van der Waals surface area contributed by atoms with Crippen molar-refractivity contribution in [1.29, 1.82) is 0 Å². The number of hydrogen-bond acceptors (Lipinski definition) is 9. The highest BCUT2D eigenvalue weighted by atomic mass is 35.5. The Hall–Kier alpha value is -3.46. The normalized spacial score (nSPS) is 10.2. The summed E-state index contributed by atoms with van der Waals surface area (Å²) in [6.45, 7) is 0. The summed E-state index contributed by atoms with van der Waals surface area (Å²) in [6.07, 6.45) is 1.39. The third-order valence-corrected chi connectivity index (χ3v) is 4.20. The number of nitrogens with one attached hydrogen (secondary N) is 2. The second-order valence-electron chi connectivity index (χ2n) is 5.65. The molecule has 0 bridgehead atoms. The maximum Gasteiger partial charge on any atom is 0.232 e. The van der Waals surface area contributed by atoms with Crippen molar-refractivity contribution >= 4 is 34.9 Å². The van der Waals surface area contributed by atoms with Crippen molar-refractivity contribution < 1.29 is 18.9 Å². The molecule has 0 unspecified atom stereocenters. The number of benzene rings is 2. The van der Waals surface area contributed by atoms with Crippen LogP contribution in [-0.4, -0.2) is 43.4 Å². The van der Waals surface area contributed by atoms with Crippen LogP contribution in [0.5, 0.6) is 23.0 Å². The fourth-order valence-electron chi connectivity index (χ4n) is 2.57. The third kappa shape index (κ3) is 4.69. The molecule has 2 aromatic carbocycles. The van der Waals surface area contributed by atoms with E-state index in [0.29, 0.717) is 51.3 Å². The van der Waals surface area contributed by atoms with Gasteiger partial charge in [-0.15, -0.1) is 0 Å². The van der Waals surface area contributed by atoms with Gasteiger partial charge in [-0.25, -0.2) is 9.97 Å². The number of ether oxygens (including phenoxy) is 4. The largest absolute Gasteiger partial charge is 0.495 e. The molecule has 0 atom stereocenters. The second kappa shape index (κ2) is 9.16. The average Bonchev–Trinajstić information content (AvgIpc) is 2.73. The number of anilines is 4. The molecule has 0 fully saturated rings. The minimum Gasteiger partial charge on any atom is -0.495 e. The Morgan fingerprint density at radius 1 is 0.724 bits per heavy atom. The summed E-state index contributed by atoms with van der Waals surface area (Å²) in [7, 11) is 6.20. The fourth-order valence-corrected chi connectivity index (χ4v) is 2.83. The first kappa shape index (κ1) is 20.3. The lowest BCUT2D eigenvalue weighted by molar-refractivity contribution is 0.324. The standard InChI is InChI=1S/C19H20ClN5O4/c1-26-14-6-5-11(7-13(14)20)23-18-21-10-22-19(25-18)24-12-8-15(27-2)17(29-4)16(9-12)28-3/h5-10H,1-4H3,(H2,21,22,23,24,25). The number of aromatic nitrogens is 3. The molecule has 0 spiro atoms. The van der Waals surface area contributed by atoms with Crippen LogP contribution in [0.4, 0.5) is 23.3 Å². The molecule has 10 heteroatoms. The summed E-state index contributed by atoms with van der Waals surface area (Å²) >= 11 is 6.15. The van der Waals surface area contributed by atoms with Crippen molar-refractivity contribution in [3.05, 3.63) is 41.7 Å². The van der Waals surface area contributed by atoms with Crippen LogP contribution >= 0.6 is 11.6 Å². The van der Waals surface area contributed by atoms with Crippen LogP contribution in [0.25, 0.3) is 0 Å². The summed E-state index contributed by atoms with van der Waals surface area (Å²) in [4.78, 5) is 12.6. The van der Waals surface area contributed by atoms with E-state index in [2.05, 4.69) is 25.6 Å². The number of methoxy groups -OCH3 is 4. The quantitative estimate of drug-likeness (QED) is 0.562. The summed E-state index contributed by atoms with van der Waals surface area (Å²) in [5.41, 5.74) is 1.37. The van der Waals surface area contributed by atoms with Crippen molar-refractivity contribution in [3.63, 3.8) is 0 Å². The van der Waals surface area contributed by atoms with Crippen molar-refractivity contribution in [2.24, 2.45) is 0 Å². The van der Waals surface area contributed by atoms with Crippen molar-refractivity contribution in [2.45, 2.75) is 0 Å². The second-order valence-corrected chi connectivity index (χ2v) is 6.05. The zero-order valence-corrected chi connectivity index (χ0v) is 17.1. The van der Waals surface area contributed by atoms with Gasteiger partial charge in [-0.2, -0.15) is 4.98 Å². The molecular formula is C19H20ClN5O4. The summed E-state index contributed by atoms with van der Waals surface area (Å²) in [5, 5.41) is 6.64. The van der Waals surface area contributed by atoms with E-state index in [1.54, 1.807) is 58.8 Å². The molecule has 0 aliphatic heterocycles. The van der Waals surface area contributed by atoms with Gasteiger partial charge in [-0.3, -0.25) is 0 Å². The summed E-state index contributed by atoms with van der Waals surface area (Å²) in [5.74, 6) is 2.77. The van der Waals surface area contributed by atoms with Crippen molar-refractivity contribution in [2.75, 3.05) is 39.1 Å². The zero-order valence-electron chi connectivity index (χ0n) is 16.3. The van der Waals surface area contributed by atoms with Crippen molar-refractivity contribution in [3.8, 4) is 23.0 Å². The van der Waals surface area contributed by atoms with Gasteiger partial charge in [0.2, 0.25) is 17.6 Å². The highest BCUT2D eigenvalue weighted by Crippen LogP contribution is 2.40. The molecule has 0 amide bonds. The molecule has 1 heterocycles. The van der Waals surface area contributed by atoms with Gasteiger partial charge in [0.05, 0.1) is 33.5 Å². The molecular weight excluding hydrogens is 398 g/mol. The van der Waals surface area contributed by atoms with Crippen LogP contribution in [-0.2, 0) is 0 Å². The van der Waals surface area contributed by atoms with Gasteiger partial charge in [0.1, 0.15) is 12.1 Å². The van der Waals surface area contributed by atoms with E-state index in [1.807, 2.05) is 0 Å². The molecule has 3 aromatic rings. The fraction of sp³-hybridized carbons (Fsp3) is 0.211. The van der Waals surface area contributed by atoms with Gasteiger partial charge in [0, 0.05) is 23.5 Å². The maximum atomic E-state index is 6.15. The molecule has 152 valence electrons. The first-order valence-corrected chi connectivity index (χ1v) is 8.82. The van der Waals surface area contributed by atoms with Gasteiger partial charge in [-0.1, -0.05) is 11.6 Å². The Bertz CT molecular complexity index is 977. The van der Waals surface area contributed by atoms with Crippen LogP contribution in [0.15, 0.2) is 36.7 Å². The van der Waals surface area contributed by atoms with Crippen LogP contribution in [0.2, 0.25) is 5.02 Å². The van der Waals surface area contributed by atoms with E-state index in [1.165, 1.54) is 6.33 Å². The summed E-state index contributed by atoms with van der Waals surface area (Å²) < 4.78 is 21.2. The highest BCUT2D eigenvalue weighted by Gasteiger charge is 2.14. The van der Waals surface area contributed by atoms with Crippen LogP contribution < -0.4 is 29.6 Å².